The highest BCUT2D eigenvalue weighted by Gasteiger charge is 2.50. The van der Waals surface area contributed by atoms with Crippen LogP contribution in [0.1, 0.15) is 33.6 Å². The van der Waals surface area contributed by atoms with Crippen LogP contribution in [0.5, 0.6) is 0 Å². The fourth-order valence-electron chi connectivity index (χ4n) is 3.22. The van der Waals surface area contributed by atoms with Crippen molar-refractivity contribution in [1.82, 2.24) is 4.90 Å². The summed E-state index contributed by atoms with van der Waals surface area (Å²) in [5.41, 5.74) is 5.59. The average Bonchev–Trinajstić information content (AvgIpc) is 2.51. The van der Waals surface area contributed by atoms with E-state index in [1.807, 2.05) is 25.7 Å². The molecule has 1 saturated carbocycles. The Labute approximate surface area is 104 Å². The second-order valence-corrected chi connectivity index (χ2v) is 6.91. The minimum Gasteiger partial charge on any atom is -0.444 e. The van der Waals surface area contributed by atoms with Crippen LogP contribution in [-0.2, 0) is 4.74 Å². The topological polar surface area (TPSA) is 55.6 Å². The van der Waals surface area contributed by atoms with Crippen LogP contribution in [0.2, 0.25) is 5.31 Å². The summed E-state index contributed by atoms with van der Waals surface area (Å²) in [6.07, 6.45) is 1.88. The first-order valence-electron chi connectivity index (χ1n) is 6.43. The molecule has 2 aliphatic rings. The van der Waals surface area contributed by atoms with Crippen molar-refractivity contribution in [2.45, 2.75) is 50.6 Å². The van der Waals surface area contributed by atoms with Gasteiger partial charge in [0.15, 0.2) is 0 Å². The second kappa shape index (κ2) is 3.90. The van der Waals surface area contributed by atoms with Crippen molar-refractivity contribution < 1.29 is 9.53 Å². The van der Waals surface area contributed by atoms with Gasteiger partial charge in [0.25, 0.3) is 0 Å². The van der Waals surface area contributed by atoms with Gasteiger partial charge in [0.05, 0.1) is 0 Å². The van der Waals surface area contributed by atoms with E-state index in [9.17, 15) is 4.79 Å². The van der Waals surface area contributed by atoms with E-state index >= 15 is 0 Å². The third-order valence-electron chi connectivity index (χ3n) is 3.95. The molecule has 5 heteroatoms. The molecule has 4 nitrogen and oxygen atoms in total. The highest BCUT2D eigenvalue weighted by atomic mass is 16.6. The molecular formula is C12H23BN2O2. The van der Waals surface area contributed by atoms with Gasteiger partial charge >= 0.3 is 6.09 Å². The number of carbonyl (C=O) groups excluding carboxylic acids is 1. The Kier molecular flexibility index (Phi) is 2.93. The Balaban J connectivity index is 1.98. The summed E-state index contributed by atoms with van der Waals surface area (Å²) >= 11 is 0. The quantitative estimate of drug-likeness (QED) is 0.634. The highest BCUT2D eigenvalue weighted by Crippen LogP contribution is 2.51. The Morgan fingerprint density at radius 3 is 2.71 bits per heavy atom. The van der Waals surface area contributed by atoms with Gasteiger partial charge < -0.3 is 15.4 Å². The molecule has 0 unspecified atom stereocenters. The summed E-state index contributed by atoms with van der Waals surface area (Å²) < 4.78 is 5.41. The van der Waals surface area contributed by atoms with Crippen molar-refractivity contribution in [1.29, 1.82) is 0 Å². The molecule has 0 aromatic heterocycles. The third kappa shape index (κ3) is 2.59. The van der Waals surface area contributed by atoms with E-state index in [2.05, 4.69) is 7.85 Å². The van der Waals surface area contributed by atoms with E-state index in [4.69, 9.17) is 10.5 Å². The molecular weight excluding hydrogens is 215 g/mol. The lowest BCUT2D eigenvalue weighted by Crippen LogP contribution is -2.37. The van der Waals surface area contributed by atoms with Crippen LogP contribution < -0.4 is 5.73 Å². The Bertz CT molecular complexity index is 329. The van der Waals surface area contributed by atoms with Crippen LogP contribution in [0.15, 0.2) is 0 Å². The van der Waals surface area contributed by atoms with Gasteiger partial charge in [-0.05, 0) is 44.8 Å². The minimum atomic E-state index is -0.411. The maximum absolute atomic E-state index is 12.0. The molecule has 96 valence electrons. The molecule has 0 aromatic rings. The fourth-order valence-corrected chi connectivity index (χ4v) is 3.22. The summed E-state index contributed by atoms with van der Waals surface area (Å²) in [6, 6.07) is 0.311. The normalized spacial score (nSPS) is 37.1. The summed E-state index contributed by atoms with van der Waals surface area (Å²) in [5, 5.41) is 0.205. The molecule has 1 heterocycles. The Morgan fingerprint density at radius 1 is 1.53 bits per heavy atom. The van der Waals surface area contributed by atoms with Crippen molar-refractivity contribution in [3.8, 4) is 0 Å². The van der Waals surface area contributed by atoms with E-state index in [1.54, 1.807) is 0 Å². The smallest absolute Gasteiger partial charge is 0.410 e. The van der Waals surface area contributed by atoms with Gasteiger partial charge in [-0.1, -0.05) is 0 Å². The zero-order chi connectivity index (χ0) is 12.8. The lowest BCUT2D eigenvalue weighted by atomic mass is 9.64. The first-order valence-corrected chi connectivity index (χ1v) is 6.43. The van der Waals surface area contributed by atoms with Crippen molar-refractivity contribution in [3.05, 3.63) is 0 Å². The molecule has 2 rings (SSSR count). The molecule has 2 N–H and O–H groups in total. The predicted molar refractivity (Wildman–Crippen MR) is 69.7 cm³/mol. The number of hydrogen-bond acceptors (Lipinski definition) is 3. The lowest BCUT2D eigenvalue weighted by Gasteiger charge is -2.26. The van der Waals surface area contributed by atoms with Gasteiger partial charge in [-0.25, -0.2) is 4.79 Å². The van der Waals surface area contributed by atoms with E-state index in [-0.39, 0.29) is 11.4 Å². The number of ether oxygens (including phenoxy) is 1. The number of carbonyl (C=O) groups is 1. The van der Waals surface area contributed by atoms with Gasteiger partial charge in [-0.3, -0.25) is 0 Å². The molecule has 0 aromatic carbocycles. The molecule has 1 aliphatic carbocycles. The number of likely N-dealkylation sites (tertiary alicyclic amines) is 1. The van der Waals surface area contributed by atoms with Gasteiger partial charge in [0.1, 0.15) is 13.4 Å². The predicted octanol–water partition coefficient (Wildman–Crippen LogP) is 0.766. The Morgan fingerprint density at radius 2 is 2.18 bits per heavy atom. The molecule has 0 radical (unpaired) electrons. The zero-order valence-electron chi connectivity index (χ0n) is 11.3. The molecule has 0 bridgehead atoms. The number of nitrogens with two attached hydrogens (primary N) is 1. The van der Waals surface area contributed by atoms with E-state index in [0.717, 1.165) is 25.9 Å². The molecule has 2 fully saturated rings. The van der Waals surface area contributed by atoms with Crippen LogP contribution in [0.3, 0.4) is 0 Å². The summed E-state index contributed by atoms with van der Waals surface area (Å²) in [6.45, 7) is 7.30. The third-order valence-corrected chi connectivity index (χ3v) is 3.95. The molecule has 1 saturated heterocycles. The standard InChI is InChI=1S/C12H23BN2O2/c1-11(2,3)17-10(16)15-6-8-4-9(14)5-12(8,13)7-15/h8-9H,4-7,13-14H2,1-3H3/t8-,9+,12-/m0/s1. The van der Waals surface area contributed by atoms with Gasteiger partial charge in [-0.2, -0.15) is 0 Å². The van der Waals surface area contributed by atoms with Gasteiger partial charge in [0, 0.05) is 19.1 Å². The summed E-state index contributed by atoms with van der Waals surface area (Å²) in [7, 11) is 2.24. The van der Waals surface area contributed by atoms with Crippen LogP contribution in [0.25, 0.3) is 0 Å². The summed E-state index contributed by atoms with van der Waals surface area (Å²) in [4.78, 5) is 13.8. The highest BCUT2D eigenvalue weighted by molar-refractivity contribution is 6.16. The molecule has 17 heavy (non-hydrogen) atoms. The van der Waals surface area contributed by atoms with Crippen LogP contribution >= 0.6 is 0 Å². The van der Waals surface area contributed by atoms with Crippen molar-refractivity contribution in [2.75, 3.05) is 13.1 Å². The average molecular weight is 238 g/mol. The first kappa shape index (κ1) is 12.7. The number of amides is 1. The molecule has 3 atom stereocenters. The van der Waals surface area contributed by atoms with Crippen LogP contribution in [0.4, 0.5) is 4.79 Å². The monoisotopic (exact) mass is 238 g/mol. The molecule has 1 aliphatic heterocycles. The van der Waals surface area contributed by atoms with Gasteiger partial charge in [0.2, 0.25) is 0 Å². The molecule has 1 amide bonds. The molecule has 0 spiro atoms. The zero-order valence-corrected chi connectivity index (χ0v) is 11.3. The van der Waals surface area contributed by atoms with E-state index in [1.165, 1.54) is 0 Å². The van der Waals surface area contributed by atoms with Gasteiger partial charge in [-0.15, -0.1) is 0 Å². The summed E-state index contributed by atoms with van der Waals surface area (Å²) in [5.74, 6) is 0.546. The maximum atomic E-state index is 12.0. The number of rotatable bonds is 0. The van der Waals surface area contributed by atoms with E-state index in [0.29, 0.717) is 12.0 Å². The lowest BCUT2D eigenvalue weighted by molar-refractivity contribution is 0.0280. The fraction of sp³-hybridized carbons (Fsp3) is 0.917. The second-order valence-electron chi connectivity index (χ2n) is 6.91. The number of fused-ring (bicyclic) bond motifs is 1. The Hall–Kier alpha value is -0.705. The number of hydrogen-bond donors (Lipinski definition) is 1. The van der Waals surface area contributed by atoms with E-state index < -0.39 is 5.60 Å². The van der Waals surface area contributed by atoms with Crippen molar-refractivity contribution in [2.24, 2.45) is 11.7 Å². The number of nitrogens with zero attached hydrogens (tertiary/aromatic N) is 1. The SMILES string of the molecule is B[C@]12C[C@H](N)C[C@H]1CN(C(=O)OC(C)(C)C)C2. The van der Waals surface area contributed by atoms with Crippen molar-refractivity contribution >= 4 is 13.9 Å². The largest absolute Gasteiger partial charge is 0.444 e. The van der Waals surface area contributed by atoms with Crippen LogP contribution in [-0.4, -0.2) is 43.6 Å². The van der Waals surface area contributed by atoms with Crippen LogP contribution in [0, 0.1) is 5.92 Å². The maximum Gasteiger partial charge on any atom is 0.410 e. The van der Waals surface area contributed by atoms with Crippen molar-refractivity contribution in [3.63, 3.8) is 0 Å². The first-order chi connectivity index (χ1) is 7.70. The minimum absolute atomic E-state index is 0.179.